The van der Waals surface area contributed by atoms with Crippen LogP contribution in [0.15, 0.2) is 28.8 Å². The summed E-state index contributed by atoms with van der Waals surface area (Å²) in [5, 5.41) is 4.60. The second kappa shape index (κ2) is 5.69. The molecule has 2 aromatic rings. The molecule has 0 aliphatic heterocycles. The largest absolute Gasteiger partial charge is 0.382 e. The maximum absolute atomic E-state index is 6.05. The lowest BCUT2D eigenvalue weighted by molar-refractivity contribution is 0.135. The first-order chi connectivity index (χ1) is 9.01. The Bertz CT molecular complexity index is 537. The van der Waals surface area contributed by atoms with E-state index in [1.807, 2.05) is 24.3 Å². The number of hydrogen-bond donors (Lipinski definition) is 1. The standard InChI is InChI=1S/C13H16ClN3O2/c1-13(15,8-18-2)12-16-11(19-17-12)7-9-3-5-10(14)6-4-9/h3-6H,7-8,15H2,1-2H3. The van der Waals surface area contributed by atoms with Crippen molar-refractivity contribution >= 4 is 11.6 Å². The van der Waals surface area contributed by atoms with Gasteiger partial charge in [0.2, 0.25) is 5.89 Å². The molecule has 19 heavy (non-hydrogen) atoms. The third-order valence-electron chi connectivity index (χ3n) is 2.69. The molecule has 0 aliphatic carbocycles. The van der Waals surface area contributed by atoms with Crippen molar-refractivity contribution in [2.24, 2.45) is 5.73 Å². The van der Waals surface area contributed by atoms with E-state index in [9.17, 15) is 0 Å². The number of halogens is 1. The Morgan fingerprint density at radius 1 is 1.37 bits per heavy atom. The lowest BCUT2D eigenvalue weighted by atomic mass is 10.1. The molecule has 1 aromatic heterocycles. The van der Waals surface area contributed by atoms with Gasteiger partial charge in [0, 0.05) is 12.1 Å². The van der Waals surface area contributed by atoms with Crippen LogP contribution in [-0.2, 0) is 16.7 Å². The van der Waals surface area contributed by atoms with Gasteiger partial charge in [-0.05, 0) is 24.6 Å². The van der Waals surface area contributed by atoms with Crippen LogP contribution in [0.1, 0.15) is 24.2 Å². The van der Waals surface area contributed by atoms with Crippen molar-refractivity contribution in [2.45, 2.75) is 18.9 Å². The summed E-state index contributed by atoms with van der Waals surface area (Å²) < 4.78 is 10.2. The Kier molecular flexibility index (Phi) is 4.19. The molecule has 0 amide bonds. The zero-order chi connectivity index (χ0) is 13.9. The number of nitrogens with two attached hydrogens (primary N) is 1. The van der Waals surface area contributed by atoms with Gasteiger partial charge in [-0.3, -0.25) is 0 Å². The Balaban J connectivity index is 2.11. The van der Waals surface area contributed by atoms with E-state index in [4.69, 9.17) is 26.6 Å². The van der Waals surface area contributed by atoms with Crippen LogP contribution in [0.3, 0.4) is 0 Å². The Morgan fingerprint density at radius 2 is 2.05 bits per heavy atom. The molecule has 0 aliphatic rings. The van der Waals surface area contributed by atoms with Gasteiger partial charge in [-0.15, -0.1) is 0 Å². The maximum atomic E-state index is 6.05. The molecular weight excluding hydrogens is 266 g/mol. The predicted octanol–water partition coefficient (Wildman–Crippen LogP) is 2.13. The highest BCUT2D eigenvalue weighted by Gasteiger charge is 2.27. The summed E-state index contributed by atoms with van der Waals surface area (Å²) in [5.74, 6) is 0.961. The van der Waals surface area contributed by atoms with Crippen LogP contribution in [0.25, 0.3) is 0 Å². The molecule has 0 saturated carbocycles. The van der Waals surface area contributed by atoms with Crippen LogP contribution in [-0.4, -0.2) is 23.9 Å². The topological polar surface area (TPSA) is 74.2 Å². The van der Waals surface area contributed by atoms with Crippen molar-refractivity contribution in [1.82, 2.24) is 10.1 Å². The lowest BCUT2D eigenvalue weighted by Crippen LogP contribution is -2.39. The molecule has 1 unspecified atom stereocenters. The maximum Gasteiger partial charge on any atom is 0.231 e. The number of benzene rings is 1. The molecule has 1 aromatic carbocycles. The smallest absolute Gasteiger partial charge is 0.231 e. The van der Waals surface area contributed by atoms with Gasteiger partial charge in [-0.1, -0.05) is 28.9 Å². The third-order valence-corrected chi connectivity index (χ3v) is 2.94. The van der Waals surface area contributed by atoms with E-state index in [-0.39, 0.29) is 0 Å². The van der Waals surface area contributed by atoms with Gasteiger partial charge >= 0.3 is 0 Å². The van der Waals surface area contributed by atoms with Gasteiger partial charge in [0.25, 0.3) is 0 Å². The molecule has 2 N–H and O–H groups in total. The van der Waals surface area contributed by atoms with Crippen LogP contribution in [0.5, 0.6) is 0 Å². The third kappa shape index (κ3) is 3.53. The minimum absolute atomic E-state index is 0.326. The SMILES string of the molecule is COCC(C)(N)c1noc(Cc2ccc(Cl)cc2)n1. The van der Waals surface area contributed by atoms with Crippen LogP contribution < -0.4 is 5.73 Å². The van der Waals surface area contributed by atoms with Crippen molar-refractivity contribution in [1.29, 1.82) is 0 Å². The summed E-state index contributed by atoms with van der Waals surface area (Å²) in [6.07, 6.45) is 0.549. The van der Waals surface area contributed by atoms with Crippen molar-refractivity contribution in [3.8, 4) is 0 Å². The van der Waals surface area contributed by atoms with E-state index in [2.05, 4.69) is 10.1 Å². The van der Waals surface area contributed by atoms with Gasteiger partial charge in [0.15, 0.2) is 5.82 Å². The van der Waals surface area contributed by atoms with E-state index in [0.717, 1.165) is 5.56 Å². The van der Waals surface area contributed by atoms with Crippen molar-refractivity contribution in [3.05, 3.63) is 46.6 Å². The normalized spacial score (nSPS) is 14.3. The lowest BCUT2D eigenvalue weighted by Gasteiger charge is -2.18. The highest BCUT2D eigenvalue weighted by atomic mass is 35.5. The second-order valence-corrected chi connectivity index (χ2v) is 5.10. The molecule has 0 spiro atoms. The molecule has 102 valence electrons. The number of hydrogen-bond acceptors (Lipinski definition) is 5. The summed E-state index contributed by atoms with van der Waals surface area (Å²) in [5.41, 5.74) is 6.34. The van der Waals surface area contributed by atoms with E-state index >= 15 is 0 Å². The van der Waals surface area contributed by atoms with E-state index in [1.54, 1.807) is 14.0 Å². The van der Waals surface area contributed by atoms with Crippen molar-refractivity contribution in [3.63, 3.8) is 0 Å². The summed E-state index contributed by atoms with van der Waals surface area (Å²) in [6, 6.07) is 7.49. The molecule has 0 radical (unpaired) electrons. The molecule has 1 heterocycles. The second-order valence-electron chi connectivity index (χ2n) is 4.67. The Labute approximate surface area is 116 Å². The van der Waals surface area contributed by atoms with Crippen LogP contribution >= 0.6 is 11.6 Å². The number of rotatable bonds is 5. The van der Waals surface area contributed by atoms with Gasteiger partial charge in [-0.25, -0.2) is 0 Å². The first-order valence-corrected chi connectivity index (χ1v) is 6.24. The molecule has 1 atom stereocenters. The Hall–Kier alpha value is -1.43. The van der Waals surface area contributed by atoms with Crippen LogP contribution in [0.2, 0.25) is 5.02 Å². The zero-order valence-electron chi connectivity index (χ0n) is 10.9. The number of methoxy groups -OCH3 is 1. The molecule has 0 bridgehead atoms. The zero-order valence-corrected chi connectivity index (χ0v) is 11.6. The molecule has 0 saturated heterocycles. The van der Waals surface area contributed by atoms with E-state index < -0.39 is 5.54 Å². The average Bonchev–Trinajstić information content (AvgIpc) is 2.81. The minimum Gasteiger partial charge on any atom is -0.382 e. The summed E-state index contributed by atoms with van der Waals surface area (Å²) in [7, 11) is 1.58. The quantitative estimate of drug-likeness (QED) is 0.909. The van der Waals surface area contributed by atoms with E-state index in [1.165, 1.54) is 0 Å². The first kappa shape index (κ1) is 14.0. The molecule has 5 nitrogen and oxygen atoms in total. The van der Waals surface area contributed by atoms with Gasteiger partial charge in [0.05, 0.1) is 13.0 Å². The first-order valence-electron chi connectivity index (χ1n) is 5.86. The fourth-order valence-corrected chi connectivity index (χ4v) is 1.83. The molecule has 6 heteroatoms. The van der Waals surface area contributed by atoms with E-state index in [0.29, 0.717) is 29.8 Å². The van der Waals surface area contributed by atoms with Crippen molar-refractivity contribution in [2.75, 3.05) is 13.7 Å². The summed E-state index contributed by atoms with van der Waals surface area (Å²) in [6.45, 7) is 2.13. The highest BCUT2D eigenvalue weighted by molar-refractivity contribution is 6.30. The molecule has 2 rings (SSSR count). The Morgan fingerprint density at radius 3 is 2.68 bits per heavy atom. The van der Waals surface area contributed by atoms with Crippen LogP contribution in [0, 0.1) is 0 Å². The summed E-state index contributed by atoms with van der Waals surface area (Å²) >= 11 is 5.83. The average molecular weight is 282 g/mol. The fraction of sp³-hybridized carbons (Fsp3) is 0.385. The monoisotopic (exact) mass is 281 g/mol. The molecular formula is C13H16ClN3O2. The van der Waals surface area contributed by atoms with Gasteiger partial charge < -0.3 is 15.0 Å². The van der Waals surface area contributed by atoms with Gasteiger partial charge in [-0.2, -0.15) is 4.98 Å². The summed E-state index contributed by atoms with van der Waals surface area (Å²) in [4.78, 5) is 4.30. The van der Waals surface area contributed by atoms with Crippen LogP contribution in [0.4, 0.5) is 0 Å². The number of ether oxygens (including phenoxy) is 1. The highest BCUT2D eigenvalue weighted by Crippen LogP contribution is 2.17. The fourth-order valence-electron chi connectivity index (χ4n) is 1.70. The molecule has 0 fully saturated rings. The number of nitrogens with zero attached hydrogens (tertiary/aromatic N) is 2. The van der Waals surface area contributed by atoms with Crippen molar-refractivity contribution < 1.29 is 9.26 Å². The van der Waals surface area contributed by atoms with Gasteiger partial charge in [0.1, 0.15) is 5.54 Å². The predicted molar refractivity (Wildman–Crippen MR) is 72.0 cm³/mol. The number of aromatic nitrogens is 2. The minimum atomic E-state index is -0.753.